The number of nitrogens with zero attached hydrogens (tertiary/aromatic N) is 3. The zero-order valence-electron chi connectivity index (χ0n) is 17.3. The van der Waals surface area contributed by atoms with Crippen LogP contribution in [0.1, 0.15) is 35.0 Å². The maximum atomic E-state index is 13.1. The van der Waals surface area contributed by atoms with Gasteiger partial charge in [0.25, 0.3) is 11.7 Å². The summed E-state index contributed by atoms with van der Waals surface area (Å²) in [6, 6.07) is 15.2. The first-order valence-electron chi connectivity index (χ1n) is 10.5. The number of pyridine rings is 2. The summed E-state index contributed by atoms with van der Waals surface area (Å²) in [6.45, 7) is 0.790. The van der Waals surface area contributed by atoms with Crippen LogP contribution in [0.15, 0.2) is 72.6 Å². The number of hydrogen-bond acceptors (Lipinski definition) is 6. The molecule has 32 heavy (non-hydrogen) atoms. The van der Waals surface area contributed by atoms with Crippen molar-refractivity contribution in [1.82, 2.24) is 14.9 Å². The number of ketones is 1. The summed E-state index contributed by atoms with van der Waals surface area (Å²) in [5, 5.41) is 11.2. The van der Waals surface area contributed by atoms with E-state index in [1.54, 1.807) is 54.9 Å². The van der Waals surface area contributed by atoms with Gasteiger partial charge in [0.05, 0.1) is 30.1 Å². The molecule has 2 aromatic heterocycles. The number of rotatable bonds is 4. The summed E-state index contributed by atoms with van der Waals surface area (Å²) in [4.78, 5) is 36.2. The maximum absolute atomic E-state index is 13.1. The van der Waals surface area contributed by atoms with Crippen molar-refractivity contribution in [2.45, 2.75) is 25.4 Å². The average Bonchev–Trinajstić information content (AvgIpc) is 3.09. The molecule has 0 aliphatic carbocycles. The van der Waals surface area contributed by atoms with Gasteiger partial charge in [-0.3, -0.25) is 19.6 Å². The van der Waals surface area contributed by atoms with Crippen molar-refractivity contribution in [3.8, 4) is 5.75 Å². The van der Waals surface area contributed by atoms with Gasteiger partial charge in [-0.05, 0) is 60.9 Å². The predicted molar refractivity (Wildman–Crippen MR) is 117 cm³/mol. The maximum Gasteiger partial charge on any atom is 0.296 e. The van der Waals surface area contributed by atoms with Crippen LogP contribution in [0.3, 0.4) is 0 Å². The molecule has 4 heterocycles. The SMILES string of the molecule is O=C1C(=O)N(Cc2ccccn2)C(c2ccccn2)/C1=C(/O)c1ccc2c(c1)CCCO2. The van der Waals surface area contributed by atoms with E-state index in [4.69, 9.17) is 4.74 Å². The average molecular weight is 427 g/mol. The van der Waals surface area contributed by atoms with Crippen molar-refractivity contribution in [2.24, 2.45) is 0 Å². The van der Waals surface area contributed by atoms with E-state index in [0.717, 1.165) is 24.2 Å². The van der Waals surface area contributed by atoms with Gasteiger partial charge in [0, 0.05) is 18.0 Å². The molecule has 0 spiro atoms. The van der Waals surface area contributed by atoms with Crippen molar-refractivity contribution in [2.75, 3.05) is 6.61 Å². The molecule has 1 saturated heterocycles. The zero-order chi connectivity index (χ0) is 22.1. The number of aryl methyl sites for hydroxylation is 1. The molecule has 1 unspecified atom stereocenters. The monoisotopic (exact) mass is 427 g/mol. The second kappa shape index (κ2) is 8.26. The quantitative estimate of drug-likeness (QED) is 0.390. The molecule has 1 fully saturated rings. The fraction of sp³-hybridized carbons (Fsp3) is 0.200. The molecular weight excluding hydrogens is 406 g/mol. The molecule has 1 atom stereocenters. The lowest BCUT2D eigenvalue weighted by Gasteiger charge is -2.24. The molecule has 3 aromatic rings. The Balaban J connectivity index is 1.62. The summed E-state index contributed by atoms with van der Waals surface area (Å²) >= 11 is 0. The first-order chi connectivity index (χ1) is 15.6. The molecule has 160 valence electrons. The minimum absolute atomic E-state index is 0.0290. The standard InChI is InChI=1S/C25H21N3O4/c29-23(17-9-10-20-16(14-17)6-5-13-32-20)21-22(19-8-2-4-12-27-19)28(25(31)24(21)30)15-18-7-1-3-11-26-18/h1-4,7-12,14,22,29H,5-6,13,15H2/b23-21-. The molecule has 7 nitrogen and oxygen atoms in total. The van der Waals surface area contributed by atoms with E-state index in [-0.39, 0.29) is 17.9 Å². The Hall–Kier alpha value is -4.00. The van der Waals surface area contributed by atoms with E-state index in [0.29, 0.717) is 23.6 Å². The molecule has 2 aliphatic rings. The van der Waals surface area contributed by atoms with Gasteiger partial charge in [-0.25, -0.2) is 0 Å². The van der Waals surface area contributed by atoms with Crippen LogP contribution >= 0.6 is 0 Å². The van der Waals surface area contributed by atoms with E-state index in [1.165, 1.54) is 4.90 Å². The first-order valence-corrected chi connectivity index (χ1v) is 10.5. The van der Waals surface area contributed by atoms with Gasteiger partial charge in [-0.1, -0.05) is 12.1 Å². The van der Waals surface area contributed by atoms with Crippen molar-refractivity contribution in [1.29, 1.82) is 0 Å². The highest BCUT2D eigenvalue weighted by molar-refractivity contribution is 6.46. The van der Waals surface area contributed by atoms with Crippen molar-refractivity contribution in [3.63, 3.8) is 0 Å². The van der Waals surface area contributed by atoms with Gasteiger partial charge >= 0.3 is 0 Å². The number of fused-ring (bicyclic) bond motifs is 1. The first kappa shape index (κ1) is 19.9. The van der Waals surface area contributed by atoms with Crippen LogP contribution in [-0.2, 0) is 22.6 Å². The third kappa shape index (κ3) is 3.51. The van der Waals surface area contributed by atoms with Gasteiger partial charge in [0.1, 0.15) is 17.6 Å². The third-order valence-corrected chi connectivity index (χ3v) is 5.75. The number of likely N-dealkylation sites (tertiary alicyclic amines) is 1. The highest BCUT2D eigenvalue weighted by Crippen LogP contribution is 2.40. The van der Waals surface area contributed by atoms with E-state index in [1.807, 2.05) is 12.1 Å². The molecular formula is C25H21N3O4. The Kier molecular flexibility index (Phi) is 5.15. The van der Waals surface area contributed by atoms with Crippen LogP contribution in [-0.4, -0.2) is 38.3 Å². The van der Waals surface area contributed by atoms with Gasteiger partial charge < -0.3 is 14.7 Å². The highest BCUT2D eigenvalue weighted by Gasteiger charge is 2.46. The predicted octanol–water partition coefficient (Wildman–Crippen LogP) is 3.42. The number of aromatic nitrogens is 2. The van der Waals surface area contributed by atoms with Gasteiger partial charge in [0.15, 0.2) is 0 Å². The molecule has 0 bridgehead atoms. The third-order valence-electron chi connectivity index (χ3n) is 5.75. The Morgan fingerprint density at radius 2 is 1.88 bits per heavy atom. The number of Topliss-reactive ketones (excluding diaryl/α,β-unsaturated/α-hetero) is 1. The smallest absolute Gasteiger partial charge is 0.296 e. The molecule has 1 amide bonds. The second-order valence-electron chi connectivity index (χ2n) is 7.78. The van der Waals surface area contributed by atoms with Crippen LogP contribution in [0.2, 0.25) is 0 Å². The normalized spacial score (nSPS) is 19.5. The molecule has 0 radical (unpaired) electrons. The number of benzene rings is 1. The Bertz CT molecular complexity index is 1210. The van der Waals surface area contributed by atoms with Crippen LogP contribution in [0.5, 0.6) is 5.75 Å². The molecule has 1 aromatic carbocycles. The summed E-state index contributed by atoms with van der Waals surface area (Å²) in [5.41, 5.74) is 2.62. The number of amides is 1. The summed E-state index contributed by atoms with van der Waals surface area (Å²) in [6.07, 6.45) is 4.96. The fourth-order valence-corrected chi connectivity index (χ4v) is 4.22. The molecule has 2 aliphatic heterocycles. The molecule has 7 heteroatoms. The summed E-state index contributed by atoms with van der Waals surface area (Å²) in [5.74, 6) is -0.849. The summed E-state index contributed by atoms with van der Waals surface area (Å²) in [7, 11) is 0. The van der Waals surface area contributed by atoms with E-state index >= 15 is 0 Å². The lowest BCUT2D eigenvalue weighted by molar-refractivity contribution is -0.140. The minimum atomic E-state index is -0.814. The second-order valence-corrected chi connectivity index (χ2v) is 7.78. The van der Waals surface area contributed by atoms with Gasteiger partial charge in [0.2, 0.25) is 0 Å². The largest absolute Gasteiger partial charge is 0.507 e. The number of carbonyl (C=O) groups excluding carboxylic acids is 2. The molecule has 1 N–H and O–H groups in total. The lowest BCUT2D eigenvalue weighted by atomic mass is 9.96. The molecule has 5 rings (SSSR count). The van der Waals surface area contributed by atoms with Crippen LogP contribution in [0, 0.1) is 0 Å². The lowest BCUT2D eigenvalue weighted by Crippen LogP contribution is -2.29. The van der Waals surface area contributed by atoms with E-state index in [2.05, 4.69) is 9.97 Å². The van der Waals surface area contributed by atoms with E-state index in [9.17, 15) is 14.7 Å². The van der Waals surface area contributed by atoms with Crippen LogP contribution < -0.4 is 4.74 Å². The number of carbonyl (C=O) groups is 2. The number of hydrogen-bond donors (Lipinski definition) is 1. The van der Waals surface area contributed by atoms with Crippen molar-refractivity contribution < 1.29 is 19.4 Å². The fourth-order valence-electron chi connectivity index (χ4n) is 4.22. The Morgan fingerprint density at radius 1 is 1.06 bits per heavy atom. The Labute approximate surface area is 185 Å². The number of ether oxygens (including phenoxy) is 1. The van der Waals surface area contributed by atoms with Crippen molar-refractivity contribution in [3.05, 3.63) is 95.1 Å². The number of aliphatic hydroxyl groups excluding tert-OH is 1. The van der Waals surface area contributed by atoms with E-state index < -0.39 is 17.7 Å². The van der Waals surface area contributed by atoms with Gasteiger partial charge in [-0.2, -0.15) is 0 Å². The number of aliphatic hydroxyl groups is 1. The summed E-state index contributed by atoms with van der Waals surface area (Å²) < 4.78 is 5.65. The van der Waals surface area contributed by atoms with Gasteiger partial charge in [-0.15, -0.1) is 0 Å². The molecule has 0 saturated carbocycles. The van der Waals surface area contributed by atoms with Crippen LogP contribution in [0.4, 0.5) is 0 Å². The highest BCUT2D eigenvalue weighted by atomic mass is 16.5. The zero-order valence-corrected chi connectivity index (χ0v) is 17.3. The van der Waals surface area contributed by atoms with Crippen LogP contribution in [0.25, 0.3) is 5.76 Å². The van der Waals surface area contributed by atoms with Crippen molar-refractivity contribution >= 4 is 17.4 Å². The topological polar surface area (TPSA) is 92.6 Å². The Morgan fingerprint density at radius 3 is 2.62 bits per heavy atom. The minimum Gasteiger partial charge on any atom is -0.507 e.